The number of methoxy groups -OCH3 is 7. The molecule has 0 atom stereocenters. The van der Waals surface area contributed by atoms with Crippen molar-refractivity contribution in [3.63, 3.8) is 0 Å². The summed E-state index contributed by atoms with van der Waals surface area (Å²) in [6.07, 6.45) is 32.5. The number of nitrogens with one attached hydrogen (secondary N) is 2. The van der Waals surface area contributed by atoms with Crippen molar-refractivity contribution < 1.29 is 47.4 Å². The van der Waals surface area contributed by atoms with Gasteiger partial charge >= 0.3 is 0 Å². The van der Waals surface area contributed by atoms with E-state index in [2.05, 4.69) is 139 Å². The Hall–Kier alpha value is -14.8. The van der Waals surface area contributed by atoms with Crippen LogP contribution in [0.2, 0.25) is 0 Å². The van der Waals surface area contributed by atoms with Gasteiger partial charge in [-0.05, 0) is 137 Å². The van der Waals surface area contributed by atoms with Crippen molar-refractivity contribution in [3.05, 3.63) is 238 Å². The molecule has 2 aliphatic rings. The maximum absolute atomic E-state index is 14.1. The molecule has 137 heavy (non-hydrogen) atoms. The molecule has 8 aromatic heterocycles. The molecule has 1 fully saturated rings. The summed E-state index contributed by atoms with van der Waals surface area (Å²) in [5.41, 5.74) is 20.9. The molecule has 0 amide bonds. The maximum Gasteiger partial charge on any atom is 0.128 e. The highest BCUT2D eigenvalue weighted by Gasteiger charge is 2.23. The molecule has 712 valence electrons. The summed E-state index contributed by atoms with van der Waals surface area (Å²) in [5.74, 6) is 5.14. The molecule has 16 aromatic rings. The third-order valence-electron chi connectivity index (χ3n) is 23.6. The average Bonchev–Trinajstić information content (AvgIpc) is 1.80. The van der Waals surface area contributed by atoms with E-state index < -0.39 is 5.82 Å². The number of hydrogen-bond acceptors (Lipinski definition) is 28. The number of ether oxygens (including phenoxy) is 8. The molecule has 8 aromatic carbocycles. The fourth-order valence-electron chi connectivity index (χ4n) is 16.4. The molecule has 2 aliphatic heterocycles. The Morgan fingerprint density at radius 3 is 1.13 bits per heavy atom. The highest BCUT2D eigenvalue weighted by molar-refractivity contribution is 5.87. The van der Waals surface area contributed by atoms with E-state index in [1.807, 2.05) is 166 Å². The van der Waals surface area contributed by atoms with Crippen LogP contribution >= 0.6 is 0 Å². The first-order valence-electron chi connectivity index (χ1n) is 46.0. The first-order valence-corrected chi connectivity index (χ1v) is 46.0. The van der Waals surface area contributed by atoms with Crippen molar-refractivity contribution in [3.8, 4) is 85.3 Å². The van der Waals surface area contributed by atoms with Gasteiger partial charge in [-0.1, -0.05) is 26.0 Å². The Balaban J connectivity index is 0.000000139. The zero-order valence-corrected chi connectivity index (χ0v) is 80.0. The van der Waals surface area contributed by atoms with Gasteiger partial charge in [0, 0.05) is 265 Å². The highest BCUT2D eigenvalue weighted by atomic mass is 19.1. The zero-order chi connectivity index (χ0) is 95.7. The van der Waals surface area contributed by atoms with Crippen LogP contribution in [0.1, 0.15) is 52.4 Å². The van der Waals surface area contributed by atoms with Crippen LogP contribution in [-0.4, -0.2) is 231 Å². The summed E-state index contributed by atoms with van der Waals surface area (Å²) >= 11 is 0. The SMILES string of the molecule is CNCCN(c1cc(OC)cc(OC)c1)c1ccc2ncc(-c3cnn(CC4CCOCC4)c3)nc2c1.COc1cc(F)cc(N(CCCO)c2ccc3ncc(-c4cnn(C)c4)nc3c2)c1.COc1cc(OC)cc(N(CCCN2CC=CCC2)c2ccc3ncc(-c4cnn(C)c4)nc3c2)c1.COc1cc(OC)cc(N(CCCNC(C)C)c2ccc3ncc(-c4cnn(C)c4)nc3c2)c1. The first kappa shape index (κ1) is 96.8. The molecule has 3 N–H and O–H groups in total. The quantitative estimate of drug-likeness (QED) is 0.0243. The number of nitrogens with zero attached hydrogens (tertiary/aromatic N) is 21. The van der Waals surface area contributed by atoms with Crippen molar-refractivity contribution in [2.24, 2.45) is 27.1 Å². The van der Waals surface area contributed by atoms with E-state index in [1.165, 1.54) is 19.2 Å². The molecule has 10 heterocycles. The van der Waals surface area contributed by atoms with Crippen LogP contribution in [0.5, 0.6) is 40.2 Å². The van der Waals surface area contributed by atoms with Gasteiger partial charge in [0.2, 0.25) is 0 Å². The third-order valence-corrected chi connectivity index (χ3v) is 23.6. The van der Waals surface area contributed by atoms with E-state index in [0.717, 1.165) is 262 Å². The lowest BCUT2D eigenvalue weighted by Gasteiger charge is -2.28. The van der Waals surface area contributed by atoms with E-state index in [1.54, 1.807) is 93.8 Å². The molecule has 33 heteroatoms. The van der Waals surface area contributed by atoms with Gasteiger partial charge in [-0.25, -0.2) is 24.3 Å². The molecule has 0 bridgehead atoms. The maximum atomic E-state index is 14.1. The van der Waals surface area contributed by atoms with Crippen molar-refractivity contribution >= 4 is 89.6 Å². The zero-order valence-electron chi connectivity index (χ0n) is 80.0. The van der Waals surface area contributed by atoms with Crippen molar-refractivity contribution in [1.29, 1.82) is 0 Å². The molecule has 0 spiro atoms. The van der Waals surface area contributed by atoms with Crippen LogP contribution < -0.4 is 63.4 Å². The summed E-state index contributed by atoms with van der Waals surface area (Å²) in [7, 11) is 19.1. The molecular weight excluding hydrogens is 1730 g/mol. The number of hydrogen-bond donors (Lipinski definition) is 3. The van der Waals surface area contributed by atoms with Crippen LogP contribution in [0, 0.1) is 11.7 Å². The van der Waals surface area contributed by atoms with Gasteiger partial charge in [0.05, 0.1) is 166 Å². The number of aliphatic hydroxyl groups excluding tert-OH is 1. The Labute approximate surface area is 797 Å². The smallest absolute Gasteiger partial charge is 0.128 e. The monoisotopic (exact) mass is 1850 g/mol. The fraction of sp³-hybridized carbons (Fsp3) is 0.327. The summed E-state index contributed by atoms with van der Waals surface area (Å²) in [6.45, 7) is 14.8. The number of aromatic nitrogens is 16. The van der Waals surface area contributed by atoms with Gasteiger partial charge in [-0.15, -0.1) is 0 Å². The van der Waals surface area contributed by atoms with Crippen LogP contribution in [0.3, 0.4) is 0 Å². The fourth-order valence-corrected chi connectivity index (χ4v) is 16.4. The molecule has 0 aliphatic carbocycles. The van der Waals surface area contributed by atoms with E-state index in [-0.39, 0.29) is 6.61 Å². The van der Waals surface area contributed by atoms with Crippen LogP contribution in [0.4, 0.5) is 49.9 Å². The van der Waals surface area contributed by atoms with Gasteiger partial charge in [-0.3, -0.25) is 43.6 Å². The lowest BCUT2D eigenvalue weighted by Crippen LogP contribution is -2.30. The van der Waals surface area contributed by atoms with Gasteiger partial charge in [0.1, 0.15) is 46.1 Å². The standard InChI is InChI=1S/C28H34N6O3.C28H32N6O2.C26H32N6O2.C22H22FN5O2/c1-29-8-9-34(23-12-24(35-2)15-25(13-23)36-3)22-4-5-26-27(14-22)32-28(17-30-26)21-16-31-33(19-21)18-20-6-10-37-11-7-20;1-32-20-21(18-30-32)28-19-29-26-9-8-22(16-27(26)31-28)34(13-7-12-33-10-5-4-6-11-33)23-14-24(35-2)17-25(15-23)36-3;1-18(2)27-9-6-10-32(21-11-22(33-4)14-23(12-21)34-5)20-7-8-24-25(13-20)30-26(16-28-24)19-15-29-31(3)17-19;1-27-14-15(12-25-27)22-13-24-20-5-4-17(11-21(20)26-22)28(6-3-7-29)18-8-16(23)9-19(10-18)30-2/h4-5,12-17,19-20,29H,6-11,18H2,1-3H3;4-5,8-9,14-20H,6-7,10-13H2,1-3H3;7-8,11-18,27H,6,9-10H2,1-5H3;4-5,8-14,29H,3,6-7H2,1-2H3. The Morgan fingerprint density at radius 2 is 0.774 bits per heavy atom. The highest BCUT2D eigenvalue weighted by Crippen LogP contribution is 2.40. The normalized spacial score (nSPS) is 12.6. The summed E-state index contributed by atoms with van der Waals surface area (Å²) in [5, 5.41) is 33.4. The first-order chi connectivity index (χ1) is 66.8. The van der Waals surface area contributed by atoms with Gasteiger partial charge < -0.3 is 73.2 Å². The second-order valence-electron chi connectivity index (χ2n) is 33.7. The molecule has 18 rings (SSSR count). The van der Waals surface area contributed by atoms with Gasteiger partial charge in [-0.2, -0.15) is 20.4 Å². The van der Waals surface area contributed by atoms with Crippen molar-refractivity contribution in [2.75, 3.05) is 155 Å². The van der Waals surface area contributed by atoms with E-state index in [9.17, 15) is 9.50 Å². The van der Waals surface area contributed by atoms with Gasteiger partial charge in [0.25, 0.3) is 0 Å². The molecule has 0 unspecified atom stereocenters. The number of anilines is 8. The predicted molar refractivity (Wildman–Crippen MR) is 537 cm³/mol. The number of fused-ring (bicyclic) bond motifs is 4. The second kappa shape index (κ2) is 46.9. The second-order valence-corrected chi connectivity index (χ2v) is 33.7. The number of rotatable bonds is 36. The average molecular weight is 1860 g/mol. The van der Waals surface area contributed by atoms with Crippen LogP contribution in [-0.2, 0) is 32.4 Å². The third kappa shape index (κ3) is 25.4. The largest absolute Gasteiger partial charge is 0.497 e. The minimum Gasteiger partial charge on any atom is -0.497 e. The van der Waals surface area contributed by atoms with Crippen LogP contribution in [0.15, 0.2) is 232 Å². The number of benzene rings is 8. The van der Waals surface area contributed by atoms with E-state index >= 15 is 0 Å². The van der Waals surface area contributed by atoms with Crippen LogP contribution in [0.25, 0.3) is 89.2 Å². The van der Waals surface area contributed by atoms with Crippen molar-refractivity contribution in [2.45, 2.75) is 65.0 Å². The predicted octanol–water partition coefficient (Wildman–Crippen LogP) is 17.4. The molecule has 1 saturated heterocycles. The molecule has 32 nitrogen and oxygen atoms in total. The molecular formula is C104H120FN23O9. The summed E-state index contributed by atoms with van der Waals surface area (Å²) in [4.78, 5) is 49.2. The molecule has 0 radical (unpaired) electrons. The number of likely N-dealkylation sites (N-methyl/N-ethyl adjacent to an activating group) is 1. The van der Waals surface area contributed by atoms with E-state index in [0.29, 0.717) is 41.9 Å². The summed E-state index contributed by atoms with van der Waals surface area (Å²) in [6, 6.07) is 47.1. The topological polar surface area (TPSA) is 309 Å². The van der Waals surface area contributed by atoms with E-state index in [4.69, 9.17) is 57.8 Å². The minimum atomic E-state index is -0.391. The molecule has 0 saturated carbocycles. The van der Waals surface area contributed by atoms with Gasteiger partial charge in [0.15, 0.2) is 0 Å². The lowest BCUT2D eigenvalue weighted by molar-refractivity contribution is 0.0601. The Bertz CT molecular complexity index is 6650. The van der Waals surface area contributed by atoms with Crippen molar-refractivity contribution in [1.82, 2.24) is 94.5 Å². The Morgan fingerprint density at radius 1 is 0.409 bits per heavy atom. The lowest BCUT2D eigenvalue weighted by atomic mass is 10.0. The number of aliphatic hydroxyl groups is 1. The Kier molecular flexibility index (Phi) is 33.2. The minimum absolute atomic E-state index is 0.0293. The summed E-state index contributed by atoms with van der Waals surface area (Å²) < 4.78 is 65.3. The number of aryl methyl sites for hydroxylation is 3. The number of halogens is 1.